The zero-order valence-corrected chi connectivity index (χ0v) is 15.1. The zero-order valence-electron chi connectivity index (χ0n) is 15.1. The van der Waals surface area contributed by atoms with Crippen molar-refractivity contribution >= 4 is 16.8 Å². The summed E-state index contributed by atoms with van der Waals surface area (Å²) in [6.07, 6.45) is 6.35. The summed E-state index contributed by atoms with van der Waals surface area (Å²) in [6.45, 7) is 5.12. The summed E-state index contributed by atoms with van der Waals surface area (Å²) < 4.78 is 15.6. The van der Waals surface area contributed by atoms with Gasteiger partial charge in [0.1, 0.15) is 5.82 Å². The molecule has 1 amide bonds. The van der Waals surface area contributed by atoms with Gasteiger partial charge >= 0.3 is 0 Å². The first-order valence-electron chi connectivity index (χ1n) is 9.93. The summed E-state index contributed by atoms with van der Waals surface area (Å²) in [5.74, 6) is 1.48. The number of benzene rings is 1. The normalized spacial score (nSPS) is 29.2. The van der Waals surface area contributed by atoms with Crippen LogP contribution in [0.25, 0.3) is 10.9 Å². The third-order valence-corrected chi connectivity index (χ3v) is 6.65. The highest BCUT2D eigenvalue weighted by molar-refractivity contribution is 5.80. The maximum absolute atomic E-state index is 13.4. The van der Waals surface area contributed by atoms with E-state index in [1.165, 1.54) is 12.8 Å². The van der Waals surface area contributed by atoms with E-state index in [0.717, 1.165) is 56.5 Å². The molecular formula is C21H26FN3O. The molecule has 1 aromatic heterocycles. The number of carbonyl (C=O) groups is 1. The molecule has 26 heavy (non-hydrogen) atoms. The number of hydrogen-bond donors (Lipinski definition) is 0. The fourth-order valence-corrected chi connectivity index (χ4v) is 5.51. The second-order valence-corrected chi connectivity index (χ2v) is 8.34. The number of fused-ring (bicyclic) bond motifs is 5. The monoisotopic (exact) mass is 355 g/mol. The Morgan fingerprint density at radius 3 is 2.96 bits per heavy atom. The Morgan fingerprint density at radius 2 is 2.04 bits per heavy atom. The third-order valence-electron chi connectivity index (χ3n) is 6.65. The van der Waals surface area contributed by atoms with Crippen LogP contribution in [0.1, 0.15) is 25.7 Å². The van der Waals surface area contributed by atoms with Crippen molar-refractivity contribution in [3.05, 3.63) is 36.3 Å². The fraction of sp³-hybridized carbons (Fsp3) is 0.571. The molecule has 3 saturated heterocycles. The summed E-state index contributed by atoms with van der Waals surface area (Å²) in [5.41, 5.74) is 1.10. The maximum atomic E-state index is 13.4. The van der Waals surface area contributed by atoms with E-state index in [2.05, 4.69) is 20.6 Å². The van der Waals surface area contributed by atoms with Gasteiger partial charge in [0.2, 0.25) is 5.91 Å². The highest BCUT2D eigenvalue weighted by Crippen LogP contribution is 2.37. The molecule has 3 aliphatic heterocycles. The molecule has 0 unspecified atom stereocenters. The molecule has 2 aromatic rings. The zero-order chi connectivity index (χ0) is 17.7. The minimum Gasteiger partial charge on any atom is -0.346 e. The summed E-state index contributed by atoms with van der Waals surface area (Å²) in [7, 11) is 0. The van der Waals surface area contributed by atoms with Crippen molar-refractivity contribution in [3.8, 4) is 0 Å². The second-order valence-electron chi connectivity index (χ2n) is 8.34. The van der Waals surface area contributed by atoms with Crippen molar-refractivity contribution in [2.24, 2.45) is 11.8 Å². The lowest BCUT2D eigenvalue weighted by atomic mass is 9.76. The van der Waals surface area contributed by atoms with Gasteiger partial charge in [0.25, 0.3) is 0 Å². The van der Waals surface area contributed by atoms with E-state index >= 15 is 0 Å². The topological polar surface area (TPSA) is 28.5 Å². The Morgan fingerprint density at radius 1 is 1.12 bits per heavy atom. The molecule has 138 valence electrons. The SMILES string of the molecule is O=C1CCC[C@H]2[C@H]3C[C@@H](CN(CCn4ccc5cc(F)ccc54)C3)CN12. The van der Waals surface area contributed by atoms with E-state index in [1.54, 1.807) is 12.1 Å². The molecule has 0 aliphatic carbocycles. The smallest absolute Gasteiger partial charge is 0.222 e. The van der Waals surface area contributed by atoms with Crippen LogP contribution in [0.15, 0.2) is 30.5 Å². The van der Waals surface area contributed by atoms with Crippen molar-refractivity contribution in [2.75, 3.05) is 26.2 Å². The highest BCUT2D eigenvalue weighted by Gasteiger charge is 2.43. The van der Waals surface area contributed by atoms with Crippen molar-refractivity contribution in [3.63, 3.8) is 0 Å². The highest BCUT2D eigenvalue weighted by atomic mass is 19.1. The molecule has 0 N–H and O–H groups in total. The molecular weight excluding hydrogens is 329 g/mol. The number of amides is 1. The van der Waals surface area contributed by atoms with E-state index in [0.29, 0.717) is 23.8 Å². The van der Waals surface area contributed by atoms with Crippen LogP contribution in [-0.2, 0) is 11.3 Å². The number of likely N-dealkylation sites (tertiary alicyclic amines) is 1. The van der Waals surface area contributed by atoms with Crippen LogP contribution in [0.3, 0.4) is 0 Å². The predicted octanol–water partition coefficient (Wildman–Crippen LogP) is 3.11. The molecule has 3 atom stereocenters. The van der Waals surface area contributed by atoms with Crippen molar-refractivity contribution < 1.29 is 9.18 Å². The van der Waals surface area contributed by atoms with Crippen LogP contribution in [0.4, 0.5) is 4.39 Å². The van der Waals surface area contributed by atoms with E-state index in [4.69, 9.17) is 0 Å². The van der Waals surface area contributed by atoms with Gasteiger partial charge in [-0.15, -0.1) is 0 Å². The minimum atomic E-state index is -0.175. The van der Waals surface area contributed by atoms with Crippen LogP contribution in [0.5, 0.6) is 0 Å². The molecule has 0 saturated carbocycles. The van der Waals surface area contributed by atoms with E-state index in [1.807, 2.05) is 12.1 Å². The van der Waals surface area contributed by atoms with Gasteiger partial charge in [-0.1, -0.05) is 0 Å². The Labute approximate surface area is 153 Å². The Balaban J connectivity index is 1.26. The maximum Gasteiger partial charge on any atom is 0.222 e. The average Bonchev–Trinajstić information content (AvgIpc) is 3.03. The summed E-state index contributed by atoms with van der Waals surface area (Å²) in [6, 6.07) is 7.49. The lowest BCUT2D eigenvalue weighted by Crippen LogP contribution is -2.60. The van der Waals surface area contributed by atoms with Crippen LogP contribution in [-0.4, -0.2) is 52.5 Å². The Kier molecular flexibility index (Phi) is 4.00. The summed E-state index contributed by atoms with van der Waals surface area (Å²) in [5, 5.41) is 0.969. The van der Waals surface area contributed by atoms with Crippen LogP contribution >= 0.6 is 0 Å². The van der Waals surface area contributed by atoms with Gasteiger partial charge in [0, 0.05) is 62.3 Å². The van der Waals surface area contributed by atoms with Gasteiger partial charge in [0.05, 0.1) is 0 Å². The first-order valence-corrected chi connectivity index (χ1v) is 9.93. The fourth-order valence-electron chi connectivity index (χ4n) is 5.51. The van der Waals surface area contributed by atoms with Gasteiger partial charge in [-0.25, -0.2) is 4.39 Å². The number of rotatable bonds is 3. The number of hydrogen-bond acceptors (Lipinski definition) is 2. The number of piperidine rings is 3. The molecule has 4 heterocycles. The molecule has 3 fully saturated rings. The van der Waals surface area contributed by atoms with Crippen molar-refractivity contribution in [1.82, 2.24) is 14.4 Å². The molecule has 4 nitrogen and oxygen atoms in total. The first-order chi connectivity index (χ1) is 12.7. The second kappa shape index (κ2) is 6.38. The largest absolute Gasteiger partial charge is 0.346 e. The Bertz CT molecular complexity index is 832. The molecule has 0 spiro atoms. The number of aromatic nitrogens is 1. The number of halogens is 1. The Hall–Kier alpha value is -1.88. The van der Waals surface area contributed by atoms with Gasteiger partial charge in [0.15, 0.2) is 0 Å². The molecule has 5 heteroatoms. The van der Waals surface area contributed by atoms with Crippen LogP contribution < -0.4 is 0 Å². The van der Waals surface area contributed by atoms with Crippen molar-refractivity contribution in [1.29, 1.82) is 0 Å². The minimum absolute atomic E-state index is 0.175. The predicted molar refractivity (Wildman–Crippen MR) is 99.3 cm³/mol. The number of nitrogens with zero attached hydrogens (tertiary/aromatic N) is 3. The lowest BCUT2D eigenvalue weighted by molar-refractivity contribution is -0.145. The van der Waals surface area contributed by atoms with Gasteiger partial charge < -0.3 is 14.4 Å². The lowest BCUT2D eigenvalue weighted by Gasteiger charge is -2.52. The molecule has 1 aromatic carbocycles. The van der Waals surface area contributed by atoms with Gasteiger partial charge in [-0.2, -0.15) is 0 Å². The van der Waals surface area contributed by atoms with Crippen molar-refractivity contribution in [2.45, 2.75) is 38.3 Å². The van der Waals surface area contributed by atoms with E-state index < -0.39 is 0 Å². The standard InChI is InChI=1S/C21H26FN3O/c22-18-4-5-19-16(11-18)6-7-24(19)9-8-23-12-15-10-17(14-23)20-2-1-3-21(26)25(20)13-15/h4-7,11,15,17,20H,1-3,8-10,12-14H2/t15-,17-,20-/m0/s1. The summed E-state index contributed by atoms with van der Waals surface area (Å²) in [4.78, 5) is 17.0. The molecule has 3 aliphatic rings. The molecule has 5 rings (SSSR count). The average molecular weight is 355 g/mol. The number of carbonyl (C=O) groups excluding carboxylic acids is 1. The third kappa shape index (κ3) is 2.82. The van der Waals surface area contributed by atoms with E-state index in [9.17, 15) is 9.18 Å². The van der Waals surface area contributed by atoms with Gasteiger partial charge in [-0.05, 0) is 55.4 Å². The molecule has 0 radical (unpaired) electrons. The van der Waals surface area contributed by atoms with Crippen LogP contribution in [0, 0.1) is 17.7 Å². The van der Waals surface area contributed by atoms with Gasteiger partial charge in [-0.3, -0.25) is 4.79 Å². The molecule has 2 bridgehead atoms. The summed E-state index contributed by atoms with van der Waals surface area (Å²) >= 11 is 0. The first kappa shape index (κ1) is 16.3. The van der Waals surface area contributed by atoms with E-state index in [-0.39, 0.29) is 5.82 Å². The quantitative estimate of drug-likeness (QED) is 0.846. The van der Waals surface area contributed by atoms with Crippen LogP contribution in [0.2, 0.25) is 0 Å².